The highest BCUT2D eigenvalue weighted by Crippen LogP contribution is 2.35. The second kappa shape index (κ2) is 7.45. The maximum absolute atomic E-state index is 12.9. The summed E-state index contributed by atoms with van der Waals surface area (Å²) in [4.78, 5) is 25.1. The van der Waals surface area contributed by atoms with Gasteiger partial charge in [-0.05, 0) is 19.1 Å². The highest BCUT2D eigenvalue weighted by atomic mass is 16.6. The average molecular weight is 330 g/mol. The molecule has 7 heteroatoms. The Bertz CT molecular complexity index is 746. The topological polar surface area (TPSA) is 81.9 Å². The van der Waals surface area contributed by atoms with Gasteiger partial charge in [0.2, 0.25) is 0 Å². The van der Waals surface area contributed by atoms with Gasteiger partial charge in [0.15, 0.2) is 11.5 Å². The lowest BCUT2D eigenvalue weighted by atomic mass is 10.1. The molecule has 2 aromatic rings. The summed E-state index contributed by atoms with van der Waals surface area (Å²) in [5, 5.41) is 11.4. The van der Waals surface area contributed by atoms with E-state index in [0.29, 0.717) is 12.2 Å². The number of para-hydroxylation sites is 1. The van der Waals surface area contributed by atoms with Crippen molar-refractivity contribution in [3.05, 3.63) is 58.1 Å². The number of hydrogen-bond acceptors (Lipinski definition) is 5. The molecule has 1 amide bonds. The van der Waals surface area contributed by atoms with Crippen molar-refractivity contribution in [1.82, 2.24) is 0 Å². The molecule has 126 valence electrons. The molecule has 0 unspecified atom stereocenters. The van der Waals surface area contributed by atoms with E-state index >= 15 is 0 Å². The van der Waals surface area contributed by atoms with Gasteiger partial charge in [0.25, 0.3) is 11.6 Å². The highest BCUT2D eigenvalue weighted by Gasteiger charge is 2.28. The number of anilines is 1. The first kappa shape index (κ1) is 17.3. The summed E-state index contributed by atoms with van der Waals surface area (Å²) < 4.78 is 10.2. The largest absolute Gasteiger partial charge is 0.493 e. The standard InChI is InChI=1S/C17H18N2O5/c1-4-18(12-8-6-5-7-9-12)17(20)13-10-15(23-2)16(24-3)11-14(13)19(21)22/h5-11H,4H2,1-3H3. The molecule has 0 spiro atoms. The second-order valence-corrected chi connectivity index (χ2v) is 4.87. The van der Waals surface area contributed by atoms with Crippen LogP contribution in [-0.2, 0) is 0 Å². The predicted molar refractivity (Wildman–Crippen MR) is 90.0 cm³/mol. The number of nitro benzene ring substituents is 1. The van der Waals surface area contributed by atoms with Crippen LogP contribution in [0.25, 0.3) is 0 Å². The smallest absolute Gasteiger partial charge is 0.286 e. The minimum atomic E-state index is -0.603. The molecule has 2 aromatic carbocycles. The Morgan fingerprint density at radius 1 is 1.12 bits per heavy atom. The lowest BCUT2D eigenvalue weighted by molar-refractivity contribution is -0.385. The van der Waals surface area contributed by atoms with E-state index in [1.165, 1.54) is 31.3 Å². The Labute approximate surface area is 139 Å². The summed E-state index contributed by atoms with van der Waals surface area (Å²) in [5.41, 5.74) is 0.282. The summed E-state index contributed by atoms with van der Waals surface area (Å²) in [7, 11) is 2.79. The van der Waals surface area contributed by atoms with Gasteiger partial charge >= 0.3 is 0 Å². The minimum absolute atomic E-state index is 0.0525. The van der Waals surface area contributed by atoms with E-state index < -0.39 is 10.8 Å². The summed E-state index contributed by atoms with van der Waals surface area (Å²) in [5.74, 6) is -0.0181. The van der Waals surface area contributed by atoms with Crippen molar-refractivity contribution in [2.75, 3.05) is 25.7 Å². The van der Waals surface area contributed by atoms with Crippen LogP contribution >= 0.6 is 0 Å². The number of hydrogen-bond donors (Lipinski definition) is 0. The van der Waals surface area contributed by atoms with Crippen LogP contribution in [-0.4, -0.2) is 31.6 Å². The zero-order valence-corrected chi connectivity index (χ0v) is 13.7. The lowest BCUT2D eigenvalue weighted by Crippen LogP contribution is -2.31. The van der Waals surface area contributed by atoms with E-state index in [-0.39, 0.29) is 22.7 Å². The van der Waals surface area contributed by atoms with Gasteiger partial charge in [-0.25, -0.2) is 0 Å². The molecule has 0 N–H and O–H groups in total. The number of amides is 1. The molecular weight excluding hydrogens is 312 g/mol. The number of carbonyl (C=O) groups is 1. The van der Waals surface area contributed by atoms with E-state index in [1.54, 1.807) is 31.2 Å². The van der Waals surface area contributed by atoms with Crippen molar-refractivity contribution in [1.29, 1.82) is 0 Å². The van der Waals surface area contributed by atoms with Gasteiger partial charge in [0.05, 0.1) is 25.2 Å². The molecule has 0 saturated carbocycles. The molecule has 0 aromatic heterocycles. The SMILES string of the molecule is CCN(C(=O)c1cc(OC)c(OC)cc1[N+](=O)[O-])c1ccccc1. The zero-order valence-electron chi connectivity index (χ0n) is 13.7. The van der Waals surface area contributed by atoms with Crippen LogP contribution in [0.5, 0.6) is 11.5 Å². The van der Waals surface area contributed by atoms with Gasteiger partial charge in [0.1, 0.15) is 5.56 Å². The van der Waals surface area contributed by atoms with E-state index in [9.17, 15) is 14.9 Å². The number of rotatable bonds is 6. The monoisotopic (exact) mass is 330 g/mol. The molecule has 0 saturated heterocycles. The first-order valence-electron chi connectivity index (χ1n) is 7.30. The normalized spacial score (nSPS) is 10.1. The third kappa shape index (κ3) is 3.29. The summed E-state index contributed by atoms with van der Waals surface area (Å²) in [6, 6.07) is 11.5. The van der Waals surface area contributed by atoms with Gasteiger partial charge in [-0.2, -0.15) is 0 Å². The van der Waals surface area contributed by atoms with Crippen LogP contribution in [0.4, 0.5) is 11.4 Å². The van der Waals surface area contributed by atoms with Crippen molar-refractivity contribution in [3.63, 3.8) is 0 Å². The predicted octanol–water partition coefficient (Wildman–Crippen LogP) is 3.28. The lowest BCUT2D eigenvalue weighted by Gasteiger charge is -2.21. The minimum Gasteiger partial charge on any atom is -0.493 e. The number of carbonyl (C=O) groups excluding carboxylic acids is 1. The summed E-state index contributed by atoms with van der Waals surface area (Å²) in [6.45, 7) is 2.17. The molecule has 2 rings (SSSR count). The van der Waals surface area contributed by atoms with Crippen LogP contribution in [0.3, 0.4) is 0 Å². The molecule has 0 bridgehead atoms. The van der Waals surface area contributed by atoms with Crippen LogP contribution in [0.1, 0.15) is 17.3 Å². The molecule has 0 aliphatic rings. The van der Waals surface area contributed by atoms with E-state index in [1.807, 2.05) is 6.07 Å². The quantitative estimate of drug-likeness (QED) is 0.599. The zero-order chi connectivity index (χ0) is 17.7. The Balaban J connectivity index is 2.56. The first-order chi connectivity index (χ1) is 11.5. The van der Waals surface area contributed by atoms with Crippen molar-refractivity contribution in [2.24, 2.45) is 0 Å². The Kier molecular flexibility index (Phi) is 5.36. The molecule has 7 nitrogen and oxygen atoms in total. The molecule has 24 heavy (non-hydrogen) atoms. The Morgan fingerprint density at radius 3 is 2.21 bits per heavy atom. The average Bonchev–Trinajstić information content (AvgIpc) is 2.61. The molecule has 0 radical (unpaired) electrons. The van der Waals surface area contributed by atoms with E-state index in [0.717, 1.165) is 0 Å². The van der Waals surface area contributed by atoms with Crippen LogP contribution in [0.2, 0.25) is 0 Å². The van der Waals surface area contributed by atoms with Crippen LogP contribution < -0.4 is 14.4 Å². The fraction of sp³-hybridized carbons (Fsp3) is 0.235. The summed E-state index contributed by atoms with van der Waals surface area (Å²) >= 11 is 0. The fourth-order valence-electron chi connectivity index (χ4n) is 2.39. The van der Waals surface area contributed by atoms with Gasteiger partial charge in [-0.15, -0.1) is 0 Å². The van der Waals surface area contributed by atoms with Crippen molar-refractivity contribution in [3.8, 4) is 11.5 Å². The highest BCUT2D eigenvalue weighted by molar-refractivity contribution is 6.09. The fourth-order valence-corrected chi connectivity index (χ4v) is 2.39. The number of nitrogens with zero attached hydrogens (tertiary/aromatic N) is 2. The third-order valence-electron chi connectivity index (χ3n) is 3.56. The van der Waals surface area contributed by atoms with Crippen LogP contribution in [0.15, 0.2) is 42.5 Å². The van der Waals surface area contributed by atoms with Crippen molar-refractivity contribution < 1.29 is 19.2 Å². The van der Waals surface area contributed by atoms with E-state index in [4.69, 9.17) is 9.47 Å². The Morgan fingerprint density at radius 2 is 1.71 bits per heavy atom. The molecular formula is C17H18N2O5. The Hall–Kier alpha value is -3.09. The number of nitro groups is 1. The maximum atomic E-state index is 12.9. The van der Waals surface area contributed by atoms with Crippen molar-refractivity contribution in [2.45, 2.75) is 6.92 Å². The molecule has 0 aliphatic heterocycles. The molecule has 0 atom stereocenters. The van der Waals surface area contributed by atoms with E-state index in [2.05, 4.69) is 0 Å². The van der Waals surface area contributed by atoms with Gasteiger partial charge in [0, 0.05) is 18.3 Å². The van der Waals surface area contributed by atoms with Gasteiger partial charge in [-0.1, -0.05) is 18.2 Å². The first-order valence-corrected chi connectivity index (χ1v) is 7.30. The van der Waals surface area contributed by atoms with Gasteiger partial charge in [-0.3, -0.25) is 14.9 Å². The summed E-state index contributed by atoms with van der Waals surface area (Å²) in [6.07, 6.45) is 0. The molecule has 0 aliphatic carbocycles. The number of ether oxygens (including phenoxy) is 2. The van der Waals surface area contributed by atoms with Crippen molar-refractivity contribution >= 4 is 17.3 Å². The number of benzene rings is 2. The third-order valence-corrected chi connectivity index (χ3v) is 3.56. The second-order valence-electron chi connectivity index (χ2n) is 4.87. The molecule has 0 heterocycles. The van der Waals surface area contributed by atoms with Crippen LogP contribution in [0, 0.1) is 10.1 Å². The number of methoxy groups -OCH3 is 2. The maximum Gasteiger partial charge on any atom is 0.286 e. The van der Waals surface area contributed by atoms with Gasteiger partial charge < -0.3 is 14.4 Å². The molecule has 0 fully saturated rings.